The summed E-state index contributed by atoms with van der Waals surface area (Å²) in [4.78, 5) is 19.4. The zero-order valence-corrected chi connectivity index (χ0v) is 13.8. The first-order valence-electron chi connectivity index (χ1n) is 8.26. The lowest BCUT2D eigenvalue weighted by Gasteiger charge is -2.05. The molecule has 126 valence electrons. The molecule has 1 amide bonds. The normalized spacial score (nSPS) is 10.9. The number of amides is 1. The summed E-state index contributed by atoms with van der Waals surface area (Å²) in [7, 11) is 0. The van der Waals surface area contributed by atoms with Crippen molar-refractivity contribution in [1.29, 1.82) is 0 Å². The van der Waals surface area contributed by atoms with Gasteiger partial charge in [-0.05, 0) is 24.6 Å². The first kappa shape index (κ1) is 16.1. The van der Waals surface area contributed by atoms with E-state index in [1.165, 1.54) is 0 Å². The molecule has 24 heavy (non-hydrogen) atoms. The molecule has 0 aliphatic heterocycles. The van der Waals surface area contributed by atoms with E-state index in [-0.39, 0.29) is 5.91 Å². The second kappa shape index (κ2) is 7.68. The van der Waals surface area contributed by atoms with E-state index in [0.29, 0.717) is 25.4 Å². The molecule has 0 spiro atoms. The smallest absolute Gasteiger partial charge is 0.267 e. The summed E-state index contributed by atoms with van der Waals surface area (Å²) in [5, 5.41) is 3.90. The van der Waals surface area contributed by atoms with Gasteiger partial charge in [-0.15, -0.1) is 0 Å². The monoisotopic (exact) mass is 326 g/mol. The minimum Gasteiger partial charge on any atom is -0.494 e. The molecule has 6 heteroatoms. The molecular formula is C18H22N4O2. The number of benzene rings is 1. The minimum absolute atomic E-state index is 0.111. The first-order valence-corrected chi connectivity index (χ1v) is 8.26. The van der Waals surface area contributed by atoms with Gasteiger partial charge < -0.3 is 19.6 Å². The van der Waals surface area contributed by atoms with Gasteiger partial charge in [-0.2, -0.15) is 0 Å². The van der Waals surface area contributed by atoms with Crippen LogP contribution in [0.4, 0.5) is 0 Å². The zero-order valence-electron chi connectivity index (χ0n) is 13.8. The van der Waals surface area contributed by atoms with Gasteiger partial charge in [0.05, 0.1) is 12.9 Å². The van der Waals surface area contributed by atoms with Gasteiger partial charge in [-0.3, -0.25) is 4.79 Å². The highest BCUT2D eigenvalue weighted by molar-refractivity contribution is 5.98. The van der Waals surface area contributed by atoms with Crippen LogP contribution in [0.15, 0.2) is 43.0 Å². The van der Waals surface area contributed by atoms with Crippen LogP contribution in [-0.2, 0) is 6.54 Å². The van der Waals surface area contributed by atoms with Gasteiger partial charge in [0.15, 0.2) is 0 Å². The Labute approximate surface area is 140 Å². The third kappa shape index (κ3) is 3.95. The van der Waals surface area contributed by atoms with Gasteiger partial charge in [-0.1, -0.05) is 13.3 Å². The Kier molecular flexibility index (Phi) is 5.15. The zero-order chi connectivity index (χ0) is 16.8. The van der Waals surface area contributed by atoms with E-state index < -0.39 is 0 Å². The molecule has 2 heterocycles. The molecule has 3 rings (SSSR count). The molecule has 6 nitrogen and oxygen atoms in total. The van der Waals surface area contributed by atoms with Crippen molar-refractivity contribution in [2.24, 2.45) is 0 Å². The molecule has 0 saturated carbocycles. The number of carbonyl (C=O) groups excluding carboxylic acids is 1. The van der Waals surface area contributed by atoms with Crippen molar-refractivity contribution < 1.29 is 9.53 Å². The maximum atomic E-state index is 12.2. The van der Waals surface area contributed by atoms with E-state index in [1.807, 2.05) is 35.0 Å². The number of unbranched alkanes of at least 4 members (excludes halogenated alkanes) is 1. The molecular weight excluding hydrogens is 304 g/mol. The molecule has 2 N–H and O–H groups in total. The number of carbonyl (C=O) groups is 1. The van der Waals surface area contributed by atoms with Crippen LogP contribution < -0.4 is 10.1 Å². The summed E-state index contributed by atoms with van der Waals surface area (Å²) in [5.74, 6) is 0.713. The Morgan fingerprint density at radius 1 is 1.38 bits per heavy atom. The predicted octanol–water partition coefficient (Wildman–Crippen LogP) is 2.97. The number of ether oxygens (including phenoxy) is 1. The van der Waals surface area contributed by atoms with E-state index in [2.05, 4.69) is 22.2 Å². The molecule has 0 radical (unpaired) electrons. The van der Waals surface area contributed by atoms with Crippen LogP contribution in [0.2, 0.25) is 0 Å². The number of nitrogens with one attached hydrogen (secondary N) is 2. The second-order valence-corrected chi connectivity index (χ2v) is 5.69. The highest BCUT2D eigenvalue weighted by atomic mass is 16.5. The van der Waals surface area contributed by atoms with E-state index in [0.717, 1.165) is 29.5 Å². The van der Waals surface area contributed by atoms with Crippen molar-refractivity contribution in [3.63, 3.8) is 0 Å². The van der Waals surface area contributed by atoms with Gasteiger partial charge >= 0.3 is 0 Å². The lowest BCUT2D eigenvalue weighted by Crippen LogP contribution is -2.27. The SMILES string of the molecule is CCCCOc1ccc2cc(C(=O)NCCn3ccnc3)[nH]c2c1. The van der Waals surface area contributed by atoms with Gasteiger partial charge in [0, 0.05) is 42.5 Å². The Hall–Kier alpha value is -2.76. The molecule has 2 aromatic heterocycles. The van der Waals surface area contributed by atoms with Crippen molar-refractivity contribution in [3.05, 3.63) is 48.7 Å². The fourth-order valence-corrected chi connectivity index (χ4v) is 2.47. The third-order valence-corrected chi connectivity index (χ3v) is 3.82. The summed E-state index contributed by atoms with van der Waals surface area (Å²) in [6.07, 6.45) is 7.46. The Morgan fingerprint density at radius 3 is 3.08 bits per heavy atom. The van der Waals surface area contributed by atoms with Crippen molar-refractivity contribution in [1.82, 2.24) is 19.9 Å². The molecule has 1 aromatic carbocycles. The van der Waals surface area contributed by atoms with Crippen LogP contribution in [0.3, 0.4) is 0 Å². The van der Waals surface area contributed by atoms with Crippen molar-refractivity contribution in [3.8, 4) is 5.75 Å². The number of imidazole rings is 1. The van der Waals surface area contributed by atoms with Crippen molar-refractivity contribution >= 4 is 16.8 Å². The van der Waals surface area contributed by atoms with E-state index >= 15 is 0 Å². The molecule has 0 atom stereocenters. The first-order chi connectivity index (χ1) is 11.8. The average Bonchev–Trinajstić information content (AvgIpc) is 3.23. The van der Waals surface area contributed by atoms with Gasteiger partial charge in [0.25, 0.3) is 5.91 Å². The predicted molar refractivity (Wildman–Crippen MR) is 93.3 cm³/mol. The number of aromatic amines is 1. The quantitative estimate of drug-likeness (QED) is 0.625. The lowest BCUT2D eigenvalue weighted by molar-refractivity contribution is 0.0948. The number of fused-ring (bicyclic) bond motifs is 1. The molecule has 0 unspecified atom stereocenters. The number of hydrogen-bond acceptors (Lipinski definition) is 3. The largest absolute Gasteiger partial charge is 0.494 e. The summed E-state index contributed by atoms with van der Waals surface area (Å²) < 4.78 is 7.62. The Morgan fingerprint density at radius 2 is 2.29 bits per heavy atom. The van der Waals surface area contributed by atoms with E-state index in [9.17, 15) is 4.79 Å². The van der Waals surface area contributed by atoms with Gasteiger partial charge in [0.2, 0.25) is 0 Å². The van der Waals surface area contributed by atoms with Crippen molar-refractivity contribution in [2.75, 3.05) is 13.2 Å². The molecule has 0 fully saturated rings. The topological polar surface area (TPSA) is 71.9 Å². The maximum absolute atomic E-state index is 12.2. The lowest BCUT2D eigenvalue weighted by atomic mass is 10.2. The van der Waals surface area contributed by atoms with Crippen LogP contribution in [-0.4, -0.2) is 33.6 Å². The molecule has 0 aliphatic carbocycles. The van der Waals surface area contributed by atoms with E-state index in [1.54, 1.807) is 12.5 Å². The summed E-state index contributed by atoms with van der Waals surface area (Å²) in [5.41, 5.74) is 1.46. The molecule has 3 aromatic rings. The Bertz CT molecular complexity index is 793. The average molecular weight is 326 g/mol. The summed E-state index contributed by atoms with van der Waals surface area (Å²) >= 11 is 0. The number of aromatic nitrogens is 3. The number of H-pyrrole nitrogens is 1. The van der Waals surface area contributed by atoms with Crippen LogP contribution in [0.5, 0.6) is 5.75 Å². The Balaban J connectivity index is 1.60. The van der Waals surface area contributed by atoms with Crippen LogP contribution >= 0.6 is 0 Å². The van der Waals surface area contributed by atoms with Crippen molar-refractivity contribution in [2.45, 2.75) is 26.3 Å². The summed E-state index contributed by atoms with van der Waals surface area (Å²) in [6, 6.07) is 7.70. The third-order valence-electron chi connectivity index (χ3n) is 3.82. The minimum atomic E-state index is -0.111. The van der Waals surface area contributed by atoms with Crippen LogP contribution in [0.25, 0.3) is 10.9 Å². The van der Waals surface area contributed by atoms with Crippen LogP contribution in [0, 0.1) is 0 Å². The van der Waals surface area contributed by atoms with Gasteiger partial charge in [0.1, 0.15) is 11.4 Å². The second-order valence-electron chi connectivity index (χ2n) is 5.69. The summed E-state index contributed by atoms with van der Waals surface area (Å²) in [6.45, 7) is 4.09. The molecule has 0 aliphatic rings. The fraction of sp³-hybridized carbons (Fsp3) is 0.333. The van der Waals surface area contributed by atoms with E-state index in [4.69, 9.17) is 4.74 Å². The fourth-order valence-electron chi connectivity index (χ4n) is 2.47. The number of hydrogen-bond donors (Lipinski definition) is 2. The molecule has 0 bridgehead atoms. The van der Waals surface area contributed by atoms with Gasteiger partial charge in [-0.25, -0.2) is 4.98 Å². The number of nitrogens with zero attached hydrogens (tertiary/aromatic N) is 2. The number of rotatable bonds is 8. The van der Waals surface area contributed by atoms with Crippen LogP contribution in [0.1, 0.15) is 30.3 Å². The standard InChI is InChI=1S/C18H22N4O2/c1-2-3-10-24-15-5-4-14-11-17(21-16(14)12-15)18(23)20-7-9-22-8-6-19-13-22/h4-6,8,11-13,21H,2-3,7,9-10H2,1H3,(H,20,23). The maximum Gasteiger partial charge on any atom is 0.267 e. The molecule has 0 saturated heterocycles. The highest BCUT2D eigenvalue weighted by Crippen LogP contribution is 2.21. The highest BCUT2D eigenvalue weighted by Gasteiger charge is 2.09.